The van der Waals surface area contributed by atoms with Crippen molar-refractivity contribution >= 4 is 38.7 Å². The molecule has 0 saturated carbocycles. The van der Waals surface area contributed by atoms with Gasteiger partial charge in [0.25, 0.3) is 0 Å². The molecular formula is C13H14ClN3O3S. The molecule has 5 N–H and O–H groups in total. The molecule has 0 aliphatic rings. The van der Waals surface area contributed by atoms with Crippen LogP contribution in [-0.2, 0) is 10.0 Å². The van der Waals surface area contributed by atoms with Crippen molar-refractivity contribution in [3.8, 4) is 5.75 Å². The summed E-state index contributed by atoms with van der Waals surface area (Å²) in [5.41, 5.74) is 6.98. The minimum atomic E-state index is -3.84. The van der Waals surface area contributed by atoms with Crippen molar-refractivity contribution in [2.75, 3.05) is 18.2 Å². The molecule has 0 amide bonds. The summed E-state index contributed by atoms with van der Waals surface area (Å²) >= 11 is 5.94. The fraction of sp³-hybridized carbons (Fsp3) is 0.0769. The summed E-state index contributed by atoms with van der Waals surface area (Å²) < 4.78 is 27.8. The Morgan fingerprint density at radius 3 is 2.48 bits per heavy atom. The highest BCUT2D eigenvalue weighted by molar-refractivity contribution is 7.89. The molecule has 0 spiro atoms. The second-order valence-corrected chi connectivity index (χ2v) is 6.23. The van der Waals surface area contributed by atoms with E-state index >= 15 is 0 Å². The fourth-order valence-corrected chi connectivity index (χ4v) is 2.64. The monoisotopic (exact) mass is 327 g/mol. The third-order valence-corrected chi connectivity index (χ3v) is 3.98. The number of ether oxygens (including phenoxy) is 1. The molecule has 21 heavy (non-hydrogen) atoms. The summed E-state index contributed by atoms with van der Waals surface area (Å²) in [6.45, 7) is 0. The number of halogens is 1. The zero-order valence-corrected chi connectivity index (χ0v) is 12.7. The van der Waals surface area contributed by atoms with E-state index in [4.69, 9.17) is 27.2 Å². The lowest BCUT2D eigenvalue weighted by Crippen LogP contribution is -2.14. The predicted octanol–water partition coefficient (Wildman–Crippen LogP) is 2.32. The molecular weight excluding hydrogens is 314 g/mol. The van der Waals surface area contributed by atoms with Gasteiger partial charge in [-0.3, -0.25) is 0 Å². The highest BCUT2D eigenvalue weighted by Crippen LogP contribution is 2.31. The van der Waals surface area contributed by atoms with Crippen LogP contribution in [0.4, 0.5) is 17.1 Å². The van der Waals surface area contributed by atoms with E-state index in [-0.39, 0.29) is 10.6 Å². The molecule has 0 saturated heterocycles. The van der Waals surface area contributed by atoms with E-state index in [0.717, 1.165) is 0 Å². The van der Waals surface area contributed by atoms with E-state index in [2.05, 4.69) is 5.32 Å². The Kier molecular flexibility index (Phi) is 4.26. The van der Waals surface area contributed by atoms with Crippen molar-refractivity contribution < 1.29 is 13.2 Å². The Hall–Kier alpha value is -1.96. The van der Waals surface area contributed by atoms with Gasteiger partial charge in [-0.2, -0.15) is 0 Å². The SMILES string of the molecule is COc1ccc(Cl)cc1Nc1ccc(S(N)(=O)=O)c(N)c1. The van der Waals surface area contributed by atoms with Crippen LogP contribution in [0.5, 0.6) is 5.75 Å². The van der Waals surface area contributed by atoms with E-state index in [9.17, 15) is 8.42 Å². The number of methoxy groups -OCH3 is 1. The first-order valence-electron chi connectivity index (χ1n) is 5.84. The van der Waals surface area contributed by atoms with Crippen LogP contribution < -0.4 is 20.9 Å². The van der Waals surface area contributed by atoms with Crippen LogP contribution >= 0.6 is 11.6 Å². The van der Waals surface area contributed by atoms with Gasteiger partial charge in [0.2, 0.25) is 10.0 Å². The third kappa shape index (κ3) is 3.57. The maximum absolute atomic E-state index is 11.3. The van der Waals surface area contributed by atoms with Gasteiger partial charge >= 0.3 is 0 Å². The van der Waals surface area contributed by atoms with E-state index in [1.54, 1.807) is 24.3 Å². The van der Waals surface area contributed by atoms with Crippen LogP contribution in [0.15, 0.2) is 41.3 Å². The number of rotatable bonds is 4. The quantitative estimate of drug-likeness (QED) is 0.747. The number of hydrogen-bond acceptors (Lipinski definition) is 5. The van der Waals surface area contributed by atoms with E-state index in [1.807, 2.05) is 0 Å². The molecule has 0 fully saturated rings. The number of anilines is 3. The van der Waals surface area contributed by atoms with Gasteiger partial charge in [0, 0.05) is 10.7 Å². The molecule has 6 nitrogen and oxygen atoms in total. The summed E-state index contributed by atoms with van der Waals surface area (Å²) in [6, 6.07) is 9.46. The lowest BCUT2D eigenvalue weighted by molar-refractivity contribution is 0.417. The molecule has 2 aromatic carbocycles. The Bertz CT molecular complexity index is 778. The summed E-state index contributed by atoms with van der Waals surface area (Å²) in [5, 5.41) is 8.65. The van der Waals surface area contributed by atoms with Crippen molar-refractivity contribution in [2.24, 2.45) is 5.14 Å². The molecule has 112 valence electrons. The molecule has 8 heteroatoms. The van der Waals surface area contributed by atoms with Crippen LogP contribution in [0.25, 0.3) is 0 Å². The van der Waals surface area contributed by atoms with E-state index < -0.39 is 10.0 Å². The van der Waals surface area contributed by atoms with Crippen LogP contribution in [-0.4, -0.2) is 15.5 Å². The number of nitrogens with two attached hydrogens (primary N) is 2. The first-order valence-corrected chi connectivity index (χ1v) is 7.76. The molecule has 0 radical (unpaired) electrons. The van der Waals surface area contributed by atoms with Gasteiger partial charge in [0.05, 0.1) is 18.5 Å². The van der Waals surface area contributed by atoms with Gasteiger partial charge in [-0.15, -0.1) is 0 Å². The molecule has 0 bridgehead atoms. The highest BCUT2D eigenvalue weighted by Gasteiger charge is 2.13. The van der Waals surface area contributed by atoms with Gasteiger partial charge < -0.3 is 15.8 Å². The second-order valence-electron chi connectivity index (χ2n) is 4.27. The first-order chi connectivity index (χ1) is 9.81. The van der Waals surface area contributed by atoms with Crippen molar-refractivity contribution in [3.05, 3.63) is 41.4 Å². The molecule has 0 aliphatic carbocycles. The molecule has 2 aromatic rings. The zero-order chi connectivity index (χ0) is 15.6. The average molecular weight is 328 g/mol. The minimum absolute atomic E-state index is 0.0588. The van der Waals surface area contributed by atoms with Crippen molar-refractivity contribution in [3.63, 3.8) is 0 Å². The average Bonchev–Trinajstić information content (AvgIpc) is 2.37. The maximum Gasteiger partial charge on any atom is 0.240 e. The normalized spacial score (nSPS) is 11.2. The molecule has 0 unspecified atom stereocenters. The summed E-state index contributed by atoms with van der Waals surface area (Å²) in [6.07, 6.45) is 0. The van der Waals surface area contributed by atoms with Crippen LogP contribution in [0, 0.1) is 0 Å². The minimum Gasteiger partial charge on any atom is -0.495 e. The Morgan fingerprint density at radius 2 is 1.90 bits per heavy atom. The van der Waals surface area contributed by atoms with Gasteiger partial charge in [-0.05, 0) is 36.4 Å². The lowest BCUT2D eigenvalue weighted by atomic mass is 10.2. The van der Waals surface area contributed by atoms with E-state index in [0.29, 0.717) is 22.1 Å². The molecule has 0 aromatic heterocycles. The number of nitrogens with one attached hydrogen (secondary N) is 1. The Labute approximate surface area is 127 Å². The van der Waals surface area contributed by atoms with Crippen LogP contribution in [0.2, 0.25) is 5.02 Å². The Morgan fingerprint density at radius 1 is 1.19 bits per heavy atom. The number of primary sulfonamides is 1. The largest absolute Gasteiger partial charge is 0.495 e. The predicted molar refractivity (Wildman–Crippen MR) is 83.5 cm³/mol. The topological polar surface area (TPSA) is 107 Å². The zero-order valence-electron chi connectivity index (χ0n) is 11.1. The van der Waals surface area contributed by atoms with E-state index in [1.165, 1.54) is 19.2 Å². The Balaban J connectivity index is 2.37. The second kappa shape index (κ2) is 5.80. The summed E-state index contributed by atoms with van der Waals surface area (Å²) in [4.78, 5) is -0.119. The number of benzene rings is 2. The highest BCUT2D eigenvalue weighted by atomic mass is 35.5. The number of sulfonamides is 1. The third-order valence-electron chi connectivity index (χ3n) is 2.76. The number of nitrogen functional groups attached to an aromatic ring is 1. The van der Waals surface area contributed by atoms with Gasteiger partial charge in [0.1, 0.15) is 10.6 Å². The van der Waals surface area contributed by atoms with Gasteiger partial charge in [0.15, 0.2) is 0 Å². The summed E-state index contributed by atoms with van der Waals surface area (Å²) in [7, 11) is -2.31. The van der Waals surface area contributed by atoms with Gasteiger partial charge in [-0.25, -0.2) is 13.6 Å². The molecule has 0 aliphatic heterocycles. The summed E-state index contributed by atoms with van der Waals surface area (Å²) in [5.74, 6) is 0.591. The number of hydrogen-bond donors (Lipinski definition) is 3. The van der Waals surface area contributed by atoms with Crippen LogP contribution in [0.1, 0.15) is 0 Å². The maximum atomic E-state index is 11.3. The van der Waals surface area contributed by atoms with Crippen molar-refractivity contribution in [1.29, 1.82) is 0 Å². The van der Waals surface area contributed by atoms with Crippen molar-refractivity contribution in [2.45, 2.75) is 4.90 Å². The first kappa shape index (κ1) is 15.4. The van der Waals surface area contributed by atoms with Crippen molar-refractivity contribution in [1.82, 2.24) is 0 Å². The lowest BCUT2D eigenvalue weighted by Gasteiger charge is -2.13. The fourth-order valence-electron chi connectivity index (χ4n) is 1.82. The molecule has 0 heterocycles. The molecule has 2 rings (SSSR count). The molecule has 0 atom stereocenters. The smallest absolute Gasteiger partial charge is 0.240 e. The standard InChI is InChI=1S/C13H14ClN3O3S/c1-20-12-4-2-8(14)6-11(12)17-9-3-5-13(10(15)7-9)21(16,18)19/h2-7,17H,15H2,1H3,(H2,16,18,19). The van der Waals surface area contributed by atoms with Gasteiger partial charge in [-0.1, -0.05) is 11.6 Å². The van der Waals surface area contributed by atoms with Crippen LogP contribution in [0.3, 0.4) is 0 Å².